The third-order valence-corrected chi connectivity index (χ3v) is 4.93. The minimum absolute atomic E-state index is 0.0932. The van der Waals surface area contributed by atoms with Gasteiger partial charge in [-0.15, -0.1) is 0 Å². The molecule has 1 N–H and O–H groups in total. The van der Waals surface area contributed by atoms with Crippen LogP contribution >= 0.6 is 0 Å². The molecule has 0 aliphatic carbocycles. The van der Waals surface area contributed by atoms with E-state index >= 15 is 0 Å². The Morgan fingerprint density at radius 2 is 1.68 bits per heavy atom. The molecule has 0 saturated carbocycles. The van der Waals surface area contributed by atoms with Gasteiger partial charge >= 0.3 is 0 Å². The lowest BCUT2D eigenvalue weighted by atomic mass is 9.87. The number of aromatic nitrogens is 2. The van der Waals surface area contributed by atoms with Gasteiger partial charge in [0.25, 0.3) is 0 Å². The zero-order valence-electron chi connectivity index (χ0n) is 16.4. The van der Waals surface area contributed by atoms with Crippen LogP contribution in [0.1, 0.15) is 31.9 Å². The van der Waals surface area contributed by atoms with E-state index in [0.717, 1.165) is 22.0 Å². The lowest BCUT2D eigenvalue weighted by molar-refractivity contribution is 0.308. The van der Waals surface area contributed by atoms with Crippen LogP contribution in [0.25, 0.3) is 16.5 Å². The van der Waals surface area contributed by atoms with E-state index in [0.29, 0.717) is 12.4 Å². The minimum Gasteiger partial charge on any atom is -0.494 e. The van der Waals surface area contributed by atoms with Crippen LogP contribution in [0.4, 0.5) is 0 Å². The molecule has 4 rings (SSSR count). The van der Waals surface area contributed by atoms with Crippen molar-refractivity contribution in [3.05, 3.63) is 84.3 Å². The Balaban J connectivity index is 1.69. The normalized spacial score (nSPS) is 11.7. The molecule has 0 bridgehead atoms. The molecule has 0 saturated heterocycles. The Kier molecular flexibility index (Phi) is 4.55. The van der Waals surface area contributed by atoms with Crippen LogP contribution in [-0.2, 0) is 12.0 Å². The largest absolute Gasteiger partial charge is 0.494 e. The molecular formula is C24H24N2O2. The highest BCUT2D eigenvalue weighted by Gasteiger charge is 2.16. The summed E-state index contributed by atoms with van der Waals surface area (Å²) in [7, 11) is 0. The number of aromatic hydroxyl groups is 1. The summed E-state index contributed by atoms with van der Waals surface area (Å²) in [5, 5.41) is 12.6. The number of hydrogen-bond donors (Lipinski definition) is 1. The first-order valence-electron chi connectivity index (χ1n) is 9.39. The Hall–Kier alpha value is -3.27. The van der Waals surface area contributed by atoms with Crippen LogP contribution in [0.5, 0.6) is 11.6 Å². The molecule has 142 valence electrons. The molecule has 28 heavy (non-hydrogen) atoms. The second-order valence-electron chi connectivity index (χ2n) is 7.98. The van der Waals surface area contributed by atoms with E-state index < -0.39 is 0 Å². The van der Waals surface area contributed by atoms with Crippen molar-refractivity contribution in [3.8, 4) is 17.3 Å². The average Bonchev–Trinajstić information content (AvgIpc) is 3.04. The monoisotopic (exact) mass is 372 g/mol. The summed E-state index contributed by atoms with van der Waals surface area (Å²) >= 11 is 0. The molecule has 2 aromatic carbocycles. The lowest BCUT2D eigenvalue weighted by Gasteiger charge is -2.19. The van der Waals surface area contributed by atoms with Crippen molar-refractivity contribution in [1.29, 1.82) is 0 Å². The Morgan fingerprint density at radius 3 is 2.36 bits per heavy atom. The topological polar surface area (TPSA) is 47.3 Å². The molecule has 2 heterocycles. The van der Waals surface area contributed by atoms with Gasteiger partial charge in [0.1, 0.15) is 12.4 Å². The van der Waals surface area contributed by atoms with Gasteiger partial charge in [-0.2, -0.15) is 0 Å². The first-order chi connectivity index (χ1) is 13.4. The molecule has 4 aromatic rings. The summed E-state index contributed by atoms with van der Waals surface area (Å²) in [6.45, 7) is 6.99. The van der Waals surface area contributed by atoms with Crippen LogP contribution < -0.4 is 4.74 Å². The zero-order valence-corrected chi connectivity index (χ0v) is 16.4. The van der Waals surface area contributed by atoms with Crippen molar-refractivity contribution in [2.45, 2.75) is 32.8 Å². The first-order valence-corrected chi connectivity index (χ1v) is 9.39. The molecule has 0 aliphatic rings. The fourth-order valence-corrected chi connectivity index (χ4v) is 3.29. The van der Waals surface area contributed by atoms with Gasteiger partial charge < -0.3 is 9.84 Å². The van der Waals surface area contributed by atoms with Crippen molar-refractivity contribution >= 4 is 10.8 Å². The predicted molar refractivity (Wildman–Crippen MR) is 112 cm³/mol. The fraction of sp³-hybridized carbons (Fsp3) is 0.208. The quantitative estimate of drug-likeness (QED) is 0.507. The van der Waals surface area contributed by atoms with Gasteiger partial charge in [-0.1, -0.05) is 45.0 Å². The number of nitrogens with zero attached hydrogens (tertiary/aromatic N) is 2. The Bertz CT molecular complexity index is 1090. The van der Waals surface area contributed by atoms with Gasteiger partial charge in [0, 0.05) is 29.7 Å². The summed E-state index contributed by atoms with van der Waals surface area (Å²) in [6, 6.07) is 17.9. The second-order valence-corrected chi connectivity index (χ2v) is 7.98. The van der Waals surface area contributed by atoms with Crippen LogP contribution in [0.3, 0.4) is 0 Å². The van der Waals surface area contributed by atoms with Gasteiger partial charge in [0.05, 0.1) is 5.39 Å². The zero-order chi connectivity index (χ0) is 19.7. The van der Waals surface area contributed by atoms with Gasteiger partial charge in [-0.25, -0.2) is 0 Å². The SMILES string of the molecule is CC(C)(C)c1ccc(-n2cc3cccc(OCc4ccncc4)c3c2O)cc1. The van der Waals surface area contributed by atoms with Crippen molar-refractivity contribution in [3.63, 3.8) is 0 Å². The highest BCUT2D eigenvalue weighted by molar-refractivity contribution is 5.94. The highest BCUT2D eigenvalue weighted by atomic mass is 16.5. The number of hydrogen-bond acceptors (Lipinski definition) is 3. The fourth-order valence-electron chi connectivity index (χ4n) is 3.29. The van der Waals surface area contributed by atoms with Gasteiger partial charge in [0.15, 0.2) is 0 Å². The first kappa shape index (κ1) is 18.1. The van der Waals surface area contributed by atoms with Crippen LogP contribution in [0.2, 0.25) is 0 Å². The molecule has 4 nitrogen and oxygen atoms in total. The molecule has 4 heteroatoms. The van der Waals surface area contributed by atoms with E-state index in [1.54, 1.807) is 17.0 Å². The maximum atomic E-state index is 10.9. The molecule has 0 radical (unpaired) electrons. The van der Waals surface area contributed by atoms with Gasteiger partial charge in [0.2, 0.25) is 5.88 Å². The van der Waals surface area contributed by atoms with E-state index in [9.17, 15) is 5.11 Å². The van der Waals surface area contributed by atoms with E-state index in [-0.39, 0.29) is 11.3 Å². The van der Waals surface area contributed by atoms with Crippen LogP contribution in [0, 0.1) is 0 Å². The Labute approximate surface area is 165 Å². The molecule has 0 aliphatic heterocycles. The lowest BCUT2D eigenvalue weighted by Crippen LogP contribution is -2.10. The molecule has 2 aromatic heterocycles. The minimum atomic E-state index is 0.0932. The smallest absolute Gasteiger partial charge is 0.207 e. The maximum Gasteiger partial charge on any atom is 0.207 e. The number of fused-ring (bicyclic) bond motifs is 1. The maximum absolute atomic E-state index is 10.9. The third kappa shape index (κ3) is 3.46. The molecule has 0 atom stereocenters. The van der Waals surface area contributed by atoms with Crippen molar-refractivity contribution < 1.29 is 9.84 Å². The van der Waals surface area contributed by atoms with Gasteiger partial charge in [-0.05, 0) is 46.9 Å². The summed E-state index contributed by atoms with van der Waals surface area (Å²) in [5.74, 6) is 0.848. The average molecular weight is 372 g/mol. The van der Waals surface area contributed by atoms with Crippen LogP contribution in [-0.4, -0.2) is 14.7 Å². The molecule has 0 unspecified atom stereocenters. The van der Waals surface area contributed by atoms with Crippen molar-refractivity contribution in [2.75, 3.05) is 0 Å². The van der Waals surface area contributed by atoms with Crippen LogP contribution in [0.15, 0.2) is 73.2 Å². The summed E-state index contributed by atoms with van der Waals surface area (Å²) in [5.41, 5.74) is 3.30. The van der Waals surface area contributed by atoms with E-state index in [1.165, 1.54) is 5.56 Å². The molecule has 0 fully saturated rings. The molecular weight excluding hydrogens is 348 g/mol. The second kappa shape index (κ2) is 7.04. The molecule has 0 amide bonds. The predicted octanol–water partition coefficient (Wildman–Crippen LogP) is 5.61. The van der Waals surface area contributed by atoms with E-state index in [2.05, 4.69) is 37.9 Å². The van der Waals surface area contributed by atoms with Gasteiger partial charge in [-0.3, -0.25) is 9.55 Å². The summed E-state index contributed by atoms with van der Waals surface area (Å²) in [4.78, 5) is 4.02. The van der Waals surface area contributed by atoms with Crippen molar-refractivity contribution in [2.24, 2.45) is 0 Å². The van der Waals surface area contributed by atoms with E-state index in [4.69, 9.17) is 4.74 Å². The standard InChI is InChI=1S/C24H24N2O2/c1-24(2,3)19-7-9-20(10-8-19)26-15-18-5-4-6-21(22(18)23(26)27)28-16-17-11-13-25-14-12-17/h4-15,27H,16H2,1-3H3. The third-order valence-electron chi connectivity index (χ3n) is 4.93. The van der Waals surface area contributed by atoms with Crippen molar-refractivity contribution in [1.82, 2.24) is 9.55 Å². The number of pyridine rings is 1. The Morgan fingerprint density at radius 1 is 0.964 bits per heavy atom. The summed E-state index contributed by atoms with van der Waals surface area (Å²) in [6.07, 6.45) is 5.43. The molecule has 0 spiro atoms. The number of rotatable bonds is 4. The number of benzene rings is 2. The summed E-state index contributed by atoms with van der Waals surface area (Å²) < 4.78 is 7.80. The van der Waals surface area contributed by atoms with E-state index in [1.807, 2.05) is 48.7 Å². The highest BCUT2D eigenvalue weighted by Crippen LogP contribution is 2.37. The number of ether oxygens (including phenoxy) is 1.